The van der Waals surface area contributed by atoms with Gasteiger partial charge in [0.1, 0.15) is 12.4 Å². The van der Waals surface area contributed by atoms with E-state index in [0.717, 1.165) is 22.4 Å². The predicted molar refractivity (Wildman–Crippen MR) is 130 cm³/mol. The highest BCUT2D eigenvalue weighted by Crippen LogP contribution is 2.27. The molecule has 0 fully saturated rings. The third-order valence-electron chi connectivity index (χ3n) is 4.25. The molecule has 0 atom stereocenters. The van der Waals surface area contributed by atoms with Crippen LogP contribution in [0.3, 0.4) is 0 Å². The van der Waals surface area contributed by atoms with Crippen molar-refractivity contribution in [3.05, 3.63) is 53.1 Å². The minimum atomic E-state index is 0. The molecule has 0 aromatic heterocycles. The summed E-state index contributed by atoms with van der Waals surface area (Å²) in [4.78, 5) is 4.40. The molecule has 0 bridgehead atoms. The largest absolute Gasteiger partial charge is 0.493 e. The van der Waals surface area contributed by atoms with Crippen molar-refractivity contribution in [1.29, 1.82) is 0 Å². The van der Waals surface area contributed by atoms with Gasteiger partial charge >= 0.3 is 0 Å². The first-order valence-corrected chi connectivity index (χ1v) is 9.62. The quantitative estimate of drug-likeness (QED) is 0.200. The molecule has 0 unspecified atom stereocenters. The van der Waals surface area contributed by atoms with Gasteiger partial charge in [0.25, 0.3) is 0 Å². The Bertz CT molecular complexity index is 815. The second kappa shape index (κ2) is 13.9. The first kappa shape index (κ1) is 25.8. The number of nitrogens with zero attached hydrogens (tertiary/aromatic N) is 1. The summed E-state index contributed by atoms with van der Waals surface area (Å²) in [5, 5.41) is 3.14. The fourth-order valence-corrected chi connectivity index (χ4v) is 2.69. The summed E-state index contributed by atoms with van der Waals surface area (Å²) in [5.74, 6) is 2.54. The summed E-state index contributed by atoms with van der Waals surface area (Å²) in [5.41, 5.74) is 9.16. The van der Waals surface area contributed by atoms with E-state index in [1.165, 1.54) is 0 Å². The van der Waals surface area contributed by atoms with Crippen LogP contribution in [0.1, 0.15) is 23.6 Å². The summed E-state index contributed by atoms with van der Waals surface area (Å²) in [6, 6.07) is 11.8. The van der Waals surface area contributed by atoms with Crippen molar-refractivity contribution in [1.82, 2.24) is 5.32 Å². The van der Waals surface area contributed by atoms with Gasteiger partial charge in [-0.05, 0) is 43.2 Å². The van der Waals surface area contributed by atoms with Crippen LogP contribution in [0.2, 0.25) is 0 Å². The molecule has 0 saturated carbocycles. The van der Waals surface area contributed by atoms with Crippen LogP contribution in [0, 0.1) is 6.92 Å². The molecule has 0 radical (unpaired) electrons. The second-order valence-electron chi connectivity index (χ2n) is 6.40. The molecule has 0 saturated heterocycles. The molecule has 7 nitrogen and oxygen atoms in total. The summed E-state index contributed by atoms with van der Waals surface area (Å²) in [6.07, 6.45) is 0. The third kappa shape index (κ3) is 8.27. The number of guanidine groups is 1. The minimum Gasteiger partial charge on any atom is -0.493 e. The Morgan fingerprint density at radius 2 is 1.77 bits per heavy atom. The zero-order chi connectivity index (χ0) is 21.1. The SMILES string of the molecule is CCOCCOc1cc(C)ccc1CNC(N)=NCc1ccc(OC)c(OC)c1.I. The Balaban J connectivity index is 0.00000450. The Kier molecular flexibility index (Phi) is 12.0. The number of aryl methyl sites for hydroxylation is 1. The van der Waals surface area contributed by atoms with E-state index in [1.807, 2.05) is 50.2 Å². The van der Waals surface area contributed by atoms with Gasteiger partial charge in [-0.15, -0.1) is 24.0 Å². The van der Waals surface area contributed by atoms with Crippen LogP contribution in [-0.2, 0) is 17.8 Å². The number of nitrogens with two attached hydrogens (primary N) is 1. The van der Waals surface area contributed by atoms with E-state index in [0.29, 0.717) is 50.4 Å². The van der Waals surface area contributed by atoms with Crippen molar-refractivity contribution < 1.29 is 18.9 Å². The molecular formula is C22H32IN3O4. The lowest BCUT2D eigenvalue weighted by Crippen LogP contribution is -2.31. The van der Waals surface area contributed by atoms with Crippen molar-refractivity contribution >= 4 is 29.9 Å². The minimum absolute atomic E-state index is 0. The summed E-state index contributed by atoms with van der Waals surface area (Å²) >= 11 is 0. The van der Waals surface area contributed by atoms with E-state index >= 15 is 0 Å². The van der Waals surface area contributed by atoms with Gasteiger partial charge in [-0.25, -0.2) is 4.99 Å². The number of rotatable bonds is 11. The molecule has 0 spiro atoms. The molecule has 0 heterocycles. The maximum absolute atomic E-state index is 6.04. The molecule has 0 amide bonds. The fraction of sp³-hybridized carbons (Fsp3) is 0.409. The fourth-order valence-electron chi connectivity index (χ4n) is 2.69. The third-order valence-corrected chi connectivity index (χ3v) is 4.25. The lowest BCUT2D eigenvalue weighted by atomic mass is 10.1. The maximum Gasteiger partial charge on any atom is 0.189 e. The predicted octanol–water partition coefficient (Wildman–Crippen LogP) is 3.65. The highest BCUT2D eigenvalue weighted by molar-refractivity contribution is 14.0. The van der Waals surface area contributed by atoms with Crippen molar-refractivity contribution in [2.24, 2.45) is 10.7 Å². The van der Waals surface area contributed by atoms with Gasteiger partial charge in [0, 0.05) is 18.7 Å². The number of ether oxygens (including phenoxy) is 4. The molecule has 2 aromatic rings. The van der Waals surface area contributed by atoms with Crippen molar-refractivity contribution in [3.63, 3.8) is 0 Å². The van der Waals surface area contributed by atoms with E-state index < -0.39 is 0 Å². The standard InChI is InChI=1S/C22H31N3O4.HI/c1-5-28-10-11-29-20-12-16(2)6-8-18(20)15-25-22(23)24-14-17-7-9-19(26-3)21(13-17)27-4;/h6-9,12-13H,5,10-11,14-15H2,1-4H3,(H3,23,24,25);1H. The molecule has 0 aliphatic carbocycles. The van der Waals surface area contributed by atoms with E-state index in [4.69, 9.17) is 24.7 Å². The van der Waals surface area contributed by atoms with Gasteiger partial charge in [-0.3, -0.25) is 0 Å². The lowest BCUT2D eigenvalue weighted by molar-refractivity contribution is 0.110. The molecule has 30 heavy (non-hydrogen) atoms. The van der Waals surface area contributed by atoms with Gasteiger partial charge < -0.3 is 30.0 Å². The summed E-state index contributed by atoms with van der Waals surface area (Å²) in [6.45, 7) is 6.70. The average Bonchev–Trinajstić information content (AvgIpc) is 2.74. The zero-order valence-electron chi connectivity index (χ0n) is 18.1. The Morgan fingerprint density at radius 3 is 2.47 bits per heavy atom. The van der Waals surface area contributed by atoms with Crippen molar-refractivity contribution in [2.75, 3.05) is 34.0 Å². The lowest BCUT2D eigenvalue weighted by Gasteiger charge is -2.14. The van der Waals surface area contributed by atoms with Crippen molar-refractivity contribution in [2.45, 2.75) is 26.9 Å². The molecule has 2 aromatic carbocycles. The molecule has 2 rings (SSSR count). The van der Waals surface area contributed by atoms with E-state index in [2.05, 4.69) is 10.3 Å². The van der Waals surface area contributed by atoms with Crippen LogP contribution >= 0.6 is 24.0 Å². The number of nitrogens with one attached hydrogen (secondary N) is 1. The highest BCUT2D eigenvalue weighted by Gasteiger charge is 2.06. The normalized spacial score (nSPS) is 10.9. The monoisotopic (exact) mass is 529 g/mol. The van der Waals surface area contributed by atoms with Gasteiger partial charge in [-0.2, -0.15) is 0 Å². The Labute approximate surface area is 196 Å². The number of methoxy groups -OCH3 is 2. The molecule has 0 aliphatic rings. The van der Waals surface area contributed by atoms with Crippen LogP contribution in [0.15, 0.2) is 41.4 Å². The smallest absolute Gasteiger partial charge is 0.189 e. The number of halogens is 1. The van der Waals surface area contributed by atoms with E-state index in [1.54, 1.807) is 14.2 Å². The number of hydrogen-bond acceptors (Lipinski definition) is 5. The van der Waals surface area contributed by atoms with Gasteiger partial charge in [0.15, 0.2) is 17.5 Å². The van der Waals surface area contributed by atoms with Crippen LogP contribution in [0.25, 0.3) is 0 Å². The van der Waals surface area contributed by atoms with Gasteiger partial charge in [-0.1, -0.05) is 18.2 Å². The number of aliphatic imine (C=N–C) groups is 1. The van der Waals surface area contributed by atoms with Crippen LogP contribution < -0.4 is 25.3 Å². The molecule has 166 valence electrons. The van der Waals surface area contributed by atoms with E-state index in [-0.39, 0.29) is 24.0 Å². The first-order chi connectivity index (χ1) is 14.1. The maximum atomic E-state index is 6.04. The number of hydrogen-bond donors (Lipinski definition) is 2. The topological polar surface area (TPSA) is 87.3 Å². The average molecular weight is 529 g/mol. The zero-order valence-corrected chi connectivity index (χ0v) is 20.4. The summed E-state index contributed by atoms with van der Waals surface area (Å²) in [7, 11) is 3.22. The number of benzene rings is 2. The van der Waals surface area contributed by atoms with E-state index in [9.17, 15) is 0 Å². The molecular weight excluding hydrogens is 497 g/mol. The molecule has 8 heteroatoms. The van der Waals surface area contributed by atoms with Crippen molar-refractivity contribution in [3.8, 4) is 17.2 Å². The molecule has 3 N–H and O–H groups in total. The molecule has 0 aliphatic heterocycles. The Morgan fingerprint density at radius 1 is 1.00 bits per heavy atom. The highest BCUT2D eigenvalue weighted by atomic mass is 127. The summed E-state index contributed by atoms with van der Waals surface area (Å²) < 4.78 is 21.8. The van der Waals surface area contributed by atoms with Crippen LogP contribution in [0.5, 0.6) is 17.2 Å². The Hall–Kier alpha value is -2.20. The van der Waals surface area contributed by atoms with Gasteiger partial charge in [0.05, 0.1) is 27.4 Å². The second-order valence-corrected chi connectivity index (χ2v) is 6.40. The van der Waals surface area contributed by atoms with Crippen LogP contribution in [-0.4, -0.2) is 40.0 Å². The first-order valence-electron chi connectivity index (χ1n) is 9.62. The van der Waals surface area contributed by atoms with Crippen LogP contribution in [0.4, 0.5) is 0 Å². The van der Waals surface area contributed by atoms with Gasteiger partial charge in [0.2, 0.25) is 0 Å².